The number of hydrogen-bond donors (Lipinski definition) is 2. The van der Waals surface area contributed by atoms with Crippen LogP contribution >= 0.6 is 0 Å². The topological polar surface area (TPSA) is 123 Å². The molecule has 0 aromatic carbocycles. The van der Waals surface area contributed by atoms with Crippen LogP contribution in [0.1, 0.15) is 33.6 Å². The van der Waals surface area contributed by atoms with Crippen LogP contribution in [0.3, 0.4) is 0 Å². The van der Waals surface area contributed by atoms with Gasteiger partial charge in [-0.05, 0) is 20.8 Å². The van der Waals surface area contributed by atoms with Crippen LogP contribution in [0.4, 0.5) is 9.59 Å². The van der Waals surface area contributed by atoms with Gasteiger partial charge in [-0.3, -0.25) is 10.1 Å². The molecule has 156 valence electrons. The summed E-state index contributed by atoms with van der Waals surface area (Å²) in [6.45, 7) is 12.9. The van der Waals surface area contributed by atoms with Gasteiger partial charge >= 0.3 is 18.2 Å². The molecule has 0 bridgehead atoms. The van der Waals surface area contributed by atoms with E-state index in [0.29, 0.717) is 25.9 Å². The Labute approximate surface area is 163 Å². The number of esters is 1. The maximum atomic E-state index is 12.0. The average Bonchev–Trinajstić information content (AvgIpc) is 2.59. The van der Waals surface area contributed by atoms with Crippen molar-refractivity contribution in [2.75, 3.05) is 20.2 Å². The molecule has 0 atom stereocenters. The van der Waals surface area contributed by atoms with Gasteiger partial charge < -0.3 is 24.4 Å². The van der Waals surface area contributed by atoms with E-state index in [4.69, 9.17) is 9.47 Å². The van der Waals surface area contributed by atoms with E-state index in [1.54, 1.807) is 25.7 Å². The molecule has 1 saturated heterocycles. The molecule has 3 amide bonds. The number of nitrogens with zero attached hydrogens (tertiary/aromatic N) is 1. The largest absolute Gasteiger partial charge is 0.464 e. The molecule has 1 fully saturated rings. The number of alkyl carbamates (subject to hydrolysis) is 1. The third-order valence-corrected chi connectivity index (χ3v) is 3.59. The lowest BCUT2D eigenvalue weighted by Crippen LogP contribution is -2.44. The Balaban J connectivity index is 2.39. The highest BCUT2D eigenvalue weighted by Crippen LogP contribution is 2.17. The maximum absolute atomic E-state index is 12.0. The van der Waals surface area contributed by atoms with Crippen LogP contribution in [0.25, 0.3) is 0 Å². The number of likely N-dealkylation sites (tertiary alicyclic amines) is 1. The second-order valence-electron chi connectivity index (χ2n) is 7.10. The van der Waals surface area contributed by atoms with Crippen molar-refractivity contribution in [3.05, 3.63) is 24.6 Å². The summed E-state index contributed by atoms with van der Waals surface area (Å²) in [7, 11) is 1.14. The number of nitrogens with one attached hydrogen (secondary N) is 2. The highest BCUT2D eigenvalue weighted by Gasteiger charge is 2.28. The van der Waals surface area contributed by atoms with Crippen LogP contribution in [0.15, 0.2) is 24.6 Å². The fraction of sp³-hybridized carbons (Fsp3) is 0.556. The van der Waals surface area contributed by atoms with Crippen molar-refractivity contribution in [3.8, 4) is 0 Å². The lowest BCUT2D eigenvalue weighted by Gasteiger charge is -2.33. The van der Waals surface area contributed by atoms with Crippen molar-refractivity contribution in [1.82, 2.24) is 15.5 Å². The zero-order chi connectivity index (χ0) is 21.5. The normalized spacial score (nSPS) is 14.5. The summed E-state index contributed by atoms with van der Waals surface area (Å²) in [6.07, 6.45) is -0.819. The molecule has 1 aliphatic heterocycles. The third kappa shape index (κ3) is 7.68. The predicted octanol–water partition coefficient (Wildman–Crippen LogP) is 1.43. The number of hydrogen-bond acceptors (Lipinski definition) is 7. The van der Waals surface area contributed by atoms with Gasteiger partial charge in [0.2, 0.25) is 0 Å². The molecule has 0 unspecified atom stereocenters. The highest BCUT2D eigenvalue weighted by atomic mass is 16.6. The van der Waals surface area contributed by atoms with E-state index < -0.39 is 35.8 Å². The zero-order valence-electron chi connectivity index (χ0n) is 16.6. The van der Waals surface area contributed by atoms with Gasteiger partial charge in [0.1, 0.15) is 23.1 Å². The Bertz CT molecular complexity index is 659. The van der Waals surface area contributed by atoms with Gasteiger partial charge in [-0.2, -0.15) is 0 Å². The lowest BCUT2D eigenvalue weighted by atomic mass is 10.1. The first-order valence-electron chi connectivity index (χ1n) is 8.66. The number of carbonyl (C=O) groups is 4. The zero-order valence-corrected chi connectivity index (χ0v) is 16.6. The van der Waals surface area contributed by atoms with Gasteiger partial charge in [0, 0.05) is 25.9 Å². The molecule has 0 aromatic rings. The minimum Gasteiger partial charge on any atom is -0.464 e. The van der Waals surface area contributed by atoms with E-state index in [1.807, 2.05) is 0 Å². The van der Waals surface area contributed by atoms with Crippen LogP contribution in [-0.2, 0) is 23.8 Å². The van der Waals surface area contributed by atoms with Crippen LogP contribution in [0.2, 0.25) is 0 Å². The maximum Gasteiger partial charge on any atom is 0.412 e. The lowest BCUT2D eigenvalue weighted by molar-refractivity contribution is -0.137. The first kappa shape index (κ1) is 23.0. The number of amides is 3. The monoisotopic (exact) mass is 397 g/mol. The van der Waals surface area contributed by atoms with Gasteiger partial charge in [0.25, 0.3) is 5.91 Å². The van der Waals surface area contributed by atoms with Crippen LogP contribution in [0.5, 0.6) is 0 Å². The molecule has 1 aliphatic rings. The SMILES string of the molecule is C=C(NC(=O)OC1CCN(C(=O)OC(C)(C)C)CC1)C(=O)NC(=C)C(=O)OC. The quantitative estimate of drug-likeness (QED) is 0.409. The molecule has 0 radical (unpaired) electrons. The molecule has 1 rings (SSSR count). The Morgan fingerprint density at radius 2 is 1.57 bits per heavy atom. The van der Waals surface area contributed by atoms with E-state index in [0.717, 1.165) is 7.11 Å². The summed E-state index contributed by atoms with van der Waals surface area (Å²) < 4.78 is 14.9. The minimum atomic E-state index is -0.862. The van der Waals surface area contributed by atoms with Crippen molar-refractivity contribution < 1.29 is 33.4 Å². The molecule has 0 spiro atoms. The second kappa shape index (κ2) is 9.77. The molecule has 10 nitrogen and oxygen atoms in total. The van der Waals surface area contributed by atoms with Crippen molar-refractivity contribution >= 4 is 24.1 Å². The molecule has 1 heterocycles. The third-order valence-electron chi connectivity index (χ3n) is 3.59. The standard InChI is InChI=1S/C18H27N3O7/c1-11(14(22)19-12(2)15(23)26-6)20-16(24)27-13-7-9-21(10-8-13)17(25)28-18(3,4)5/h13H,1-2,7-10H2,3-6H3,(H,19,22)(H,20,24). The minimum absolute atomic E-state index is 0.293. The summed E-state index contributed by atoms with van der Waals surface area (Å²) in [6, 6.07) is 0. The molecule has 10 heteroatoms. The van der Waals surface area contributed by atoms with Crippen molar-refractivity contribution in [3.63, 3.8) is 0 Å². The smallest absolute Gasteiger partial charge is 0.412 e. The van der Waals surface area contributed by atoms with Crippen LogP contribution < -0.4 is 10.6 Å². The Kier molecular flexibility index (Phi) is 8.02. The molecular weight excluding hydrogens is 370 g/mol. The number of ether oxygens (including phenoxy) is 3. The summed E-state index contributed by atoms with van der Waals surface area (Å²) in [5, 5.41) is 4.33. The first-order chi connectivity index (χ1) is 12.9. The van der Waals surface area contributed by atoms with Crippen LogP contribution in [0, 0.1) is 0 Å². The van der Waals surface area contributed by atoms with Crippen LogP contribution in [-0.4, -0.2) is 60.9 Å². The van der Waals surface area contributed by atoms with E-state index in [-0.39, 0.29) is 11.4 Å². The Morgan fingerprint density at radius 3 is 2.07 bits per heavy atom. The number of piperidine rings is 1. The van der Waals surface area contributed by atoms with E-state index in [2.05, 4.69) is 28.5 Å². The molecule has 2 N–H and O–H groups in total. The second-order valence-corrected chi connectivity index (χ2v) is 7.10. The van der Waals surface area contributed by atoms with E-state index in [1.165, 1.54) is 0 Å². The number of rotatable bonds is 5. The number of carbonyl (C=O) groups excluding carboxylic acids is 4. The summed E-state index contributed by atoms with van der Waals surface area (Å²) in [5.41, 5.74) is -1.19. The first-order valence-corrected chi connectivity index (χ1v) is 8.66. The summed E-state index contributed by atoms with van der Waals surface area (Å²) in [5.74, 6) is -1.65. The van der Waals surface area contributed by atoms with Gasteiger partial charge in [0.05, 0.1) is 7.11 Å². The molecular formula is C18H27N3O7. The van der Waals surface area contributed by atoms with Crippen molar-refractivity contribution in [2.45, 2.75) is 45.3 Å². The summed E-state index contributed by atoms with van der Waals surface area (Å²) >= 11 is 0. The molecule has 0 saturated carbocycles. The van der Waals surface area contributed by atoms with Gasteiger partial charge in [-0.15, -0.1) is 0 Å². The number of methoxy groups -OCH3 is 1. The Hall–Kier alpha value is -3.04. The van der Waals surface area contributed by atoms with Crippen molar-refractivity contribution in [2.24, 2.45) is 0 Å². The van der Waals surface area contributed by atoms with Crippen molar-refractivity contribution in [1.29, 1.82) is 0 Å². The molecule has 0 aliphatic carbocycles. The highest BCUT2D eigenvalue weighted by molar-refractivity contribution is 6.01. The predicted molar refractivity (Wildman–Crippen MR) is 98.9 cm³/mol. The van der Waals surface area contributed by atoms with Gasteiger partial charge in [-0.1, -0.05) is 13.2 Å². The van der Waals surface area contributed by atoms with Gasteiger partial charge in [-0.25, -0.2) is 14.4 Å². The van der Waals surface area contributed by atoms with E-state index >= 15 is 0 Å². The average molecular weight is 397 g/mol. The van der Waals surface area contributed by atoms with E-state index in [9.17, 15) is 19.2 Å². The fourth-order valence-electron chi connectivity index (χ4n) is 2.23. The van der Waals surface area contributed by atoms with Gasteiger partial charge in [0.15, 0.2) is 0 Å². The summed E-state index contributed by atoms with van der Waals surface area (Å²) in [4.78, 5) is 48.5. The molecule has 0 aromatic heterocycles. The fourth-order valence-corrected chi connectivity index (χ4v) is 2.23. The Morgan fingerprint density at radius 1 is 1.00 bits per heavy atom. The molecule has 28 heavy (non-hydrogen) atoms.